The van der Waals surface area contributed by atoms with E-state index in [-0.39, 0.29) is 5.69 Å². The summed E-state index contributed by atoms with van der Waals surface area (Å²) in [5.41, 5.74) is 3.92. The Kier molecular flexibility index (Phi) is 3.68. The summed E-state index contributed by atoms with van der Waals surface area (Å²) in [4.78, 5) is 10.1. The average molecular weight is 227 g/mol. The van der Waals surface area contributed by atoms with E-state index in [0.717, 1.165) is 11.1 Å². The molecule has 1 N–H and O–H groups in total. The van der Waals surface area contributed by atoms with Crippen LogP contribution in [0.5, 0.6) is 0 Å². The normalized spacial score (nSPS) is 11.3. The van der Waals surface area contributed by atoms with Gasteiger partial charge in [-0.25, -0.2) is 0 Å². The van der Waals surface area contributed by atoms with E-state index < -0.39 is 4.92 Å². The van der Waals surface area contributed by atoms with Crippen molar-refractivity contribution in [3.8, 4) is 0 Å². The van der Waals surface area contributed by atoms with Crippen LogP contribution in [0.1, 0.15) is 12.5 Å². The Bertz CT molecular complexity index is 416. The highest BCUT2D eigenvalue weighted by Crippen LogP contribution is 2.27. The molecule has 0 bridgehead atoms. The van der Waals surface area contributed by atoms with Crippen LogP contribution in [0.25, 0.3) is 5.57 Å². The quantitative estimate of drug-likeness (QED) is 0.636. The summed E-state index contributed by atoms with van der Waals surface area (Å²) in [7, 11) is 1.71. The lowest BCUT2D eigenvalue weighted by atomic mass is 10.1. The number of nitro groups is 1. The predicted molar refractivity (Wildman–Crippen MR) is 62.1 cm³/mol. The molecule has 0 aromatic heterocycles. The smallest absolute Gasteiger partial charge is 0.271 e. The van der Waals surface area contributed by atoms with E-state index in [1.54, 1.807) is 13.1 Å². The van der Waals surface area contributed by atoms with E-state index in [1.165, 1.54) is 17.7 Å². The fraction of sp³-hybridized carbons (Fsp3) is 0.200. The number of hydrogen-bond acceptors (Lipinski definition) is 3. The highest BCUT2D eigenvalue weighted by Gasteiger charge is 2.10. The molecule has 0 amide bonds. The number of non-ortho nitro benzene ring substituents is 1. The van der Waals surface area contributed by atoms with Crippen LogP contribution in [0.3, 0.4) is 0 Å². The van der Waals surface area contributed by atoms with Crippen LogP contribution in [0.15, 0.2) is 23.7 Å². The molecule has 0 unspecified atom stereocenters. The summed E-state index contributed by atoms with van der Waals surface area (Å²) in [5.74, 6) is 0. The molecule has 0 aliphatic carbocycles. The summed E-state index contributed by atoms with van der Waals surface area (Å²) in [6.07, 6.45) is 0. The second kappa shape index (κ2) is 4.79. The third-order valence-electron chi connectivity index (χ3n) is 2.07. The Balaban J connectivity index is 3.27. The van der Waals surface area contributed by atoms with Gasteiger partial charge in [-0.3, -0.25) is 10.1 Å². The standard InChI is InChI=1S/C10H11ClN2O2/c1-7(6-11)9-4-3-8(13(14)15)5-10(9)12-2/h3-6,12H,1-2H3/b7-6+. The van der Waals surface area contributed by atoms with Crippen LogP contribution in [0.4, 0.5) is 11.4 Å². The van der Waals surface area contributed by atoms with Gasteiger partial charge in [-0.05, 0) is 18.6 Å². The van der Waals surface area contributed by atoms with Gasteiger partial charge >= 0.3 is 0 Å². The summed E-state index contributed by atoms with van der Waals surface area (Å²) >= 11 is 5.59. The molecular formula is C10H11ClN2O2. The summed E-state index contributed by atoms with van der Waals surface area (Å²) in [6.45, 7) is 1.84. The Hall–Kier alpha value is -1.55. The fourth-order valence-electron chi connectivity index (χ4n) is 1.26. The summed E-state index contributed by atoms with van der Waals surface area (Å²) < 4.78 is 0. The molecule has 0 radical (unpaired) electrons. The number of allylic oxidation sites excluding steroid dienone is 1. The molecule has 4 nitrogen and oxygen atoms in total. The molecule has 1 rings (SSSR count). The SMILES string of the molecule is CNc1cc([N+](=O)[O-])ccc1/C(C)=C/Cl. The maximum absolute atomic E-state index is 10.6. The predicted octanol–water partition coefficient (Wildman–Crippen LogP) is 3.24. The second-order valence-corrected chi connectivity index (χ2v) is 3.25. The maximum atomic E-state index is 10.6. The van der Waals surface area contributed by atoms with Crippen molar-refractivity contribution in [1.29, 1.82) is 0 Å². The molecule has 0 saturated heterocycles. The Morgan fingerprint density at radius 2 is 2.27 bits per heavy atom. The van der Waals surface area contributed by atoms with E-state index in [4.69, 9.17) is 11.6 Å². The average Bonchev–Trinajstić information content (AvgIpc) is 2.27. The number of halogens is 1. The molecule has 0 aliphatic rings. The van der Waals surface area contributed by atoms with Gasteiger partial charge in [0.05, 0.1) is 4.92 Å². The van der Waals surface area contributed by atoms with Crippen LogP contribution in [0.2, 0.25) is 0 Å². The molecule has 0 heterocycles. The van der Waals surface area contributed by atoms with Crippen LogP contribution in [-0.4, -0.2) is 12.0 Å². The van der Waals surface area contributed by atoms with Crippen LogP contribution < -0.4 is 5.32 Å². The minimum atomic E-state index is -0.426. The van der Waals surface area contributed by atoms with Gasteiger partial charge < -0.3 is 5.32 Å². The van der Waals surface area contributed by atoms with E-state index >= 15 is 0 Å². The van der Waals surface area contributed by atoms with Crippen molar-refractivity contribution >= 4 is 28.5 Å². The zero-order chi connectivity index (χ0) is 11.4. The number of nitrogens with zero attached hydrogens (tertiary/aromatic N) is 1. The molecular weight excluding hydrogens is 216 g/mol. The molecule has 1 aromatic rings. The molecule has 1 aromatic carbocycles. The zero-order valence-corrected chi connectivity index (χ0v) is 9.21. The van der Waals surface area contributed by atoms with Gasteiger partial charge in [0.1, 0.15) is 0 Å². The van der Waals surface area contributed by atoms with Gasteiger partial charge in [0, 0.05) is 36.0 Å². The fourth-order valence-corrected chi connectivity index (χ4v) is 1.37. The monoisotopic (exact) mass is 226 g/mol. The summed E-state index contributed by atoms with van der Waals surface area (Å²) in [6, 6.07) is 4.62. The van der Waals surface area contributed by atoms with Crippen LogP contribution in [0, 0.1) is 10.1 Å². The van der Waals surface area contributed by atoms with Crippen molar-refractivity contribution in [2.24, 2.45) is 0 Å². The first kappa shape index (κ1) is 11.5. The number of nitro benzene ring substituents is 1. The first-order valence-corrected chi connectivity index (χ1v) is 4.77. The largest absolute Gasteiger partial charge is 0.387 e. The minimum Gasteiger partial charge on any atom is -0.387 e. The third-order valence-corrected chi connectivity index (χ3v) is 2.40. The van der Waals surface area contributed by atoms with E-state index in [9.17, 15) is 10.1 Å². The molecule has 5 heteroatoms. The summed E-state index contributed by atoms with van der Waals surface area (Å²) in [5, 5.41) is 13.5. The lowest BCUT2D eigenvalue weighted by molar-refractivity contribution is -0.384. The molecule has 0 spiro atoms. The number of anilines is 1. The van der Waals surface area contributed by atoms with Crippen molar-refractivity contribution in [3.63, 3.8) is 0 Å². The molecule has 80 valence electrons. The maximum Gasteiger partial charge on any atom is 0.271 e. The number of nitrogens with one attached hydrogen (secondary N) is 1. The van der Waals surface area contributed by atoms with E-state index in [0.29, 0.717) is 5.69 Å². The highest BCUT2D eigenvalue weighted by atomic mass is 35.5. The lowest BCUT2D eigenvalue weighted by Gasteiger charge is -2.08. The first-order chi connectivity index (χ1) is 7.10. The van der Waals surface area contributed by atoms with E-state index in [1.807, 2.05) is 6.92 Å². The van der Waals surface area contributed by atoms with Gasteiger partial charge in [-0.2, -0.15) is 0 Å². The van der Waals surface area contributed by atoms with Crippen molar-refractivity contribution < 1.29 is 4.92 Å². The van der Waals surface area contributed by atoms with Crippen molar-refractivity contribution in [2.45, 2.75) is 6.92 Å². The molecule has 15 heavy (non-hydrogen) atoms. The van der Waals surface area contributed by atoms with Gasteiger partial charge in [-0.1, -0.05) is 11.6 Å². The Morgan fingerprint density at radius 3 is 2.73 bits per heavy atom. The van der Waals surface area contributed by atoms with Gasteiger partial charge in [0.15, 0.2) is 0 Å². The Morgan fingerprint density at radius 1 is 1.60 bits per heavy atom. The topological polar surface area (TPSA) is 55.2 Å². The zero-order valence-electron chi connectivity index (χ0n) is 8.45. The highest BCUT2D eigenvalue weighted by molar-refractivity contribution is 6.28. The van der Waals surface area contributed by atoms with Crippen molar-refractivity contribution in [2.75, 3.05) is 12.4 Å². The third kappa shape index (κ3) is 2.47. The lowest BCUT2D eigenvalue weighted by Crippen LogP contribution is -1.96. The van der Waals surface area contributed by atoms with Crippen molar-refractivity contribution in [3.05, 3.63) is 39.4 Å². The molecule has 0 saturated carbocycles. The van der Waals surface area contributed by atoms with Gasteiger partial charge in [0.2, 0.25) is 0 Å². The molecule has 0 fully saturated rings. The number of benzene rings is 1. The second-order valence-electron chi connectivity index (χ2n) is 3.03. The van der Waals surface area contributed by atoms with Crippen LogP contribution >= 0.6 is 11.6 Å². The molecule has 0 aliphatic heterocycles. The Labute approximate surface area is 92.7 Å². The van der Waals surface area contributed by atoms with Gasteiger partial charge in [0.25, 0.3) is 5.69 Å². The molecule has 0 atom stereocenters. The first-order valence-electron chi connectivity index (χ1n) is 4.33. The van der Waals surface area contributed by atoms with Crippen LogP contribution in [-0.2, 0) is 0 Å². The number of rotatable bonds is 3. The minimum absolute atomic E-state index is 0.0606. The van der Waals surface area contributed by atoms with Gasteiger partial charge in [-0.15, -0.1) is 0 Å². The number of hydrogen-bond donors (Lipinski definition) is 1. The van der Waals surface area contributed by atoms with Crippen molar-refractivity contribution in [1.82, 2.24) is 0 Å². The van der Waals surface area contributed by atoms with E-state index in [2.05, 4.69) is 5.32 Å².